The van der Waals surface area contributed by atoms with Crippen molar-refractivity contribution in [2.24, 2.45) is 0 Å². The number of hydrogen-bond acceptors (Lipinski definition) is 8. The highest BCUT2D eigenvalue weighted by molar-refractivity contribution is 6.31. The quantitative estimate of drug-likeness (QED) is 0.377. The molecule has 2 aliphatic rings. The maximum atomic E-state index is 12.1. The molecule has 0 aliphatic carbocycles. The maximum Gasteiger partial charge on any atom is 0.291 e. The van der Waals surface area contributed by atoms with Gasteiger partial charge in [0.15, 0.2) is 11.6 Å². The van der Waals surface area contributed by atoms with E-state index in [4.69, 9.17) is 23.2 Å². The van der Waals surface area contributed by atoms with E-state index in [1.807, 2.05) is 15.9 Å². The Balaban J connectivity index is 0.000000176. The first-order valence-electron chi connectivity index (χ1n) is 12.5. The molecule has 39 heavy (non-hydrogen) atoms. The van der Waals surface area contributed by atoms with E-state index >= 15 is 0 Å². The Morgan fingerprint density at radius 1 is 0.641 bits per heavy atom. The van der Waals surface area contributed by atoms with Crippen molar-refractivity contribution in [2.45, 2.75) is 7.43 Å². The fourth-order valence-electron chi connectivity index (χ4n) is 4.56. The van der Waals surface area contributed by atoms with Crippen LogP contribution in [0.15, 0.2) is 46.0 Å². The lowest BCUT2D eigenvalue weighted by Gasteiger charge is -2.32. The van der Waals surface area contributed by atoms with Gasteiger partial charge in [-0.05, 0) is 50.5 Å². The summed E-state index contributed by atoms with van der Waals surface area (Å²) < 4.78 is 0. The Morgan fingerprint density at radius 2 is 1.10 bits per heavy atom. The Hall–Kier alpha value is -3.18. The smallest absolute Gasteiger partial charge is 0.291 e. The van der Waals surface area contributed by atoms with E-state index in [0.29, 0.717) is 32.7 Å². The number of anilines is 2. The summed E-state index contributed by atoms with van der Waals surface area (Å²) in [6.45, 7) is 7.05. The van der Waals surface area contributed by atoms with Gasteiger partial charge in [0.1, 0.15) is 0 Å². The van der Waals surface area contributed by atoms with Crippen LogP contribution in [0.4, 0.5) is 11.6 Å². The van der Waals surface area contributed by atoms with Crippen LogP contribution in [0.25, 0.3) is 22.1 Å². The van der Waals surface area contributed by atoms with Gasteiger partial charge in [-0.1, -0.05) is 30.6 Å². The van der Waals surface area contributed by atoms with Crippen LogP contribution < -0.4 is 20.9 Å². The normalized spacial score (nSPS) is 16.6. The minimum Gasteiger partial charge on any atom is -0.349 e. The van der Waals surface area contributed by atoms with Crippen molar-refractivity contribution >= 4 is 56.9 Å². The van der Waals surface area contributed by atoms with E-state index in [2.05, 4.69) is 43.8 Å². The molecule has 4 aromatic rings. The van der Waals surface area contributed by atoms with Crippen LogP contribution >= 0.6 is 23.2 Å². The SMILES string of the molecule is C.CN1CCN(c2nc3cc(Cl)ccc3[nH]c2=O)CC1.CN1CCN(c2nc3ccc(Cl)cc3[nH]c2=O)CC1. The van der Waals surface area contributed by atoms with Gasteiger partial charge in [0.2, 0.25) is 0 Å². The first kappa shape index (κ1) is 28.8. The van der Waals surface area contributed by atoms with Crippen molar-refractivity contribution in [3.8, 4) is 0 Å². The van der Waals surface area contributed by atoms with E-state index in [1.54, 1.807) is 30.3 Å². The molecule has 0 amide bonds. The summed E-state index contributed by atoms with van der Waals surface area (Å²) in [6.07, 6.45) is 0. The second kappa shape index (κ2) is 12.3. The summed E-state index contributed by atoms with van der Waals surface area (Å²) in [5.74, 6) is 0.991. The Morgan fingerprint density at radius 3 is 1.67 bits per heavy atom. The largest absolute Gasteiger partial charge is 0.349 e. The van der Waals surface area contributed by atoms with Gasteiger partial charge in [-0.25, -0.2) is 9.97 Å². The number of benzene rings is 2. The second-order valence-electron chi connectivity index (χ2n) is 9.68. The second-order valence-corrected chi connectivity index (χ2v) is 10.6. The monoisotopic (exact) mass is 572 g/mol. The van der Waals surface area contributed by atoms with Crippen molar-refractivity contribution in [3.05, 3.63) is 67.2 Å². The van der Waals surface area contributed by atoms with E-state index in [9.17, 15) is 9.59 Å². The molecule has 2 aliphatic heterocycles. The Bertz CT molecular complexity index is 1560. The summed E-state index contributed by atoms with van der Waals surface area (Å²) in [5, 5.41) is 1.22. The summed E-state index contributed by atoms with van der Waals surface area (Å²) in [4.78, 5) is 47.4. The lowest BCUT2D eigenvalue weighted by atomic mass is 10.3. The van der Waals surface area contributed by atoms with Crippen LogP contribution in [0, 0.1) is 0 Å². The number of rotatable bonds is 2. The molecule has 12 heteroatoms. The Labute approximate surface area is 237 Å². The average molecular weight is 574 g/mol. The molecule has 0 radical (unpaired) electrons. The number of likely N-dealkylation sites (N-methyl/N-ethyl adjacent to an activating group) is 2. The molecular formula is C27H34Cl2N8O2. The number of aromatic nitrogens is 4. The van der Waals surface area contributed by atoms with Crippen molar-refractivity contribution in [2.75, 3.05) is 76.3 Å². The van der Waals surface area contributed by atoms with Crippen LogP contribution in [0.3, 0.4) is 0 Å². The minimum absolute atomic E-state index is 0. The topological polar surface area (TPSA) is 104 Å². The van der Waals surface area contributed by atoms with E-state index < -0.39 is 0 Å². The summed E-state index contributed by atoms with van der Waals surface area (Å²) in [5.41, 5.74) is 2.58. The molecule has 0 unspecified atom stereocenters. The third-order valence-electron chi connectivity index (χ3n) is 6.88. The van der Waals surface area contributed by atoms with Gasteiger partial charge in [0, 0.05) is 62.4 Å². The molecule has 0 spiro atoms. The lowest BCUT2D eigenvalue weighted by Crippen LogP contribution is -2.46. The van der Waals surface area contributed by atoms with Gasteiger partial charge in [0.05, 0.1) is 22.1 Å². The third-order valence-corrected chi connectivity index (χ3v) is 7.35. The Kier molecular flexibility index (Phi) is 9.12. The van der Waals surface area contributed by atoms with Crippen molar-refractivity contribution in [1.29, 1.82) is 0 Å². The van der Waals surface area contributed by atoms with E-state index in [0.717, 1.165) is 63.4 Å². The highest BCUT2D eigenvalue weighted by Crippen LogP contribution is 2.19. The molecule has 2 aromatic heterocycles. The molecule has 2 N–H and O–H groups in total. The van der Waals surface area contributed by atoms with Crippen LogP contribution in [0.1, 0.15) is 7.43 Å². The van der Waals surface area contributed by atoms with Crippen molar-refractivity contribution in [1.82, 2.24) is 29.7 Å². The number of nitrogens with zero attached hydrogens (tertiary/aromatic N) is 6. The summed E-state index contributed by atoms with van der Waals surface area (Å²) in [7, 11) is 4.16. The number of halogens is 2. The first-order chi connectivity index (χ1) is 18.3. The van der Waals surface area contributed by atoms with Crippen LogP contribution in [-0.4, -0.2) is 96.2 Å². The van der Waals surface area contributed by atoms with E-state index in [1.165, 1.54) is 0 Å². The van der Waals surface area contributed by atoms with Gasteiger partial charge in [-0.15, -0.1) is 0 Å². The fourth-order valence-corrected chi connectivity index (χ4v) is 4.90. The molecule has 4 heterocycles. The molecule has 2 fully saturated rings. The minimum atomic E-state index is -0.153. The maximum absolute atomic E-state index is 12.1. The first-order valence-corrected chi connectivity index (χ1v) is 13.3. The number of hydrogen-bond donors (Lipinski definition) is 2. The van der Waals surface area contributed by atoms with Crippen LogP contribution in [0.5, 0.6) is 0 Å². The number of piperazine rings is 2. The molecule has 0 atom stereocenters. The van der Waals surface area contributed by atoms with Crippen LogP contribution in [-0.2, 0) is 0 Å². The standard InChI is InChI=1S/2C13H15ClN4O.CH4/c1-17-4-6-18(7-5-17)12-13(19)16-10-3-2-9(14)8-11(10)15-12;1-17-4-6-18(7-5-17)12-13(19)16-11-8-9(14)2-3-10(11)15-12;/h2*2-3,8H,4-7H2,1H3,(H,16,19);1H4. The summed E-state index contributed by atoms with van der Waals surface area (Å²) in [6, 6.07) is 10.6. The van der Waals surface area contributed by atoms with Gasteiger partial charge in [-0.2, -0.15) is 0 Å². The van der Waals surface area contributed by atoms with Gasteiger partial charge < -0.3 is 29.6 Å². The summed E-state index contributed by atoms with van der Waals surface area (Å²) >= 11 is 11.9. The highest BCUT2D eigenvalue weighted by atomic mass is 35.5. The molecule has 10 nitrogen and oxygen atoms in total. The van der Waals surface area contributed by atoms with Gasteiger partial charge in [-0.3, -0.25) is 9.59 Å². The number of aromatic amines is 2. The zero-order valence-corrected chi connectivity index (χ0v) is 22.9. The number of fused-ring (bicyclic) bond motifs is 2. The molecule has 6 rings (SSSR count). The molecule has 208 valence electrons. The predicted molar refractivity (Wildman–Crippen MR) is 161 cm³/mol. The van der Waals surface area contributed by atoms with Crippen LogP contribution in [0.2, 0.25) is 10.0 Å². The average Bonchev–Trinajstić information content (AvgIpc) is 2.90. The van der Waals surface area contributed by atoms with Gasteiger partial charge in [0.25, 0.3) is 11.1 Å². The zero-order valence-electron chi connectivity index (χ0n) is 21.4. The molecule has 2 aromatic carbocycles. The van der Waals surface area contributed by atoms with Crippen molar-refractivity contribution < 1.29 is 0 Å². The fraction of sp³-hybridized carbons (Fsp3) is 0.407. The highest BCUT2D eigenvalue weighted by Gasteiger charge is 2.19. The zero-order chi connectivity index (χ0) is 26.8. The van der Waals surface area contributed by atoms with Crippen molar-refractivity contribution in [3.63, 3.8) is 0 Å². The van der Waals surface area contributed by atoms with E-state index in [-0.39, 0.29) is 18.5 Å². The molecular weight excluding hydrogens is 539 g/mol. The third kappa shape index (κ3) is 6.70. The molecule has 0 saturated carbocycles. The number of nitrogens with one attached hydrogen (secondary N) is 2. The number of H-pyrrole nitrogens is 2. The van der Waals surface area contributed by atoms with Gasteiger partial charge >= 0.3 is 0 Å². The lowest BCUT2D eigenvalue weighted by molar-refractivity contribution is 0.312. The predicted octanol–water partition coefficient (Wildman–Crippen LogP) is 3.29. The molecule has 0 bridgehead atoms. The molecule has 2 saturated heterocycles.